The summed E-state index contributed by atoms with van der Waals surface area (Å²) in [5.41, 5.74) is 1.59. The lowest BCUT2D eigenvalue weighted by Gasteiger charge is -2.08. The molecule has 0 saturated heterocycles. The molecule has 1 aromatic carbocycles. The number of hydrogen-bond acceptors (Lipinski definition) is 4. The molecule has 0 aliphatic carbocycles. The number of aromatic hydroxyl groups is 1. The third kappa shape index (κ3) is 2.04. The summed E-state index contributed by atoms with van der Waals surface area (Å²) in [4.78, 5) is 8.08. The molecule has 0 aliphatic heterocycles. The number of rotatable bonds is 2. The highest BCUT2D eigenvalue weighted by Gasteiger charge is 2.03. The Bertz CT molecular complexity index is 457. The fraction of sp³-hybridized carbons (Fsp3) is 0.0909. The van der Waals surface area contributed by atoms with Gasteiger partial charge in [0.15, 0.2) is 0 Å². The molecule has 0 bridgehead atoms. The molecule has 0 aliphatic rings. The molecule has 2 N–H and O–H groups in total. The van der Waals surface area contributed by atoms with E-state index in [1.54, 1.807) is 30.6 Å². The SMILES string of the molecule is Cc1c(O)cccc1Nc1ncccn1. The quantitative estimate of drug-likeness (QED) is 0.782. The van der Waals surface area contributed by atoms with Crippen LogP contribution in [0, 0.1) is 6.92 Å². The lowest BCUT2D eigenvalue weighted by Crippen LogP contribution is -1.97. The minimum atomic E-state index is 0.260. The van der Waals surface area contributed by atoms with E-state index in [-0.39, 0.29) is 5.75 Å². The molecule has 0 radical (unpaired) electrons. The van der Waals surface area contributed by atoms with Crippen molar-refractivity contribution in [3.8, 4) is 5.75 Å². The maximum Gasteiger partial charge on any atom is 0.227 e. The maximum absolute atomic E-state index is 9.50. The second kappa shape index (κ2) is 3.96. The van der Waals surface area contributed by atoms with Crippen molar-refractivity contribution < 1.29 is 5.11 Å². The first-order chi connectivity index (χ1) is 7.27. The molecule has 0 amide bonds. The summed E-state index contributed by atoms with van der Waals surface area (Å²) in [5.74, 6) is 0.780. The van der Waals surface area contributed by atoms with Gasteiger partial charge in [0.1, 0.15) is 5.75 Å². The van der Waals surface area contributed by atoms with Gasteiger partial charge in [-0.15, -0.1) is 0 Å². The number of nitrogens with zero attached hydrogens (tertiary/aromatic N) is 2. The van der Waals surface area contributed by atoms with Crippen LogP contribution in [0.1, 0.15) is 5.56 Å². The third-order valence-corrected chi connectivity index (χ3v) is 2.12. The van der Waals surface area contributed by atoms with Crippen molar-refractivity contribution >= 4 is 11.6 Å². The monoisotopic (exact) mass is 201 g/mol. The predicted molar refractivity (Wildman–Crippen MR) is 58.2 cm³/mol. The second-order valence-corrected chi connectivity index (χ2v) is 3.15. The van der Waals surface area contributed by atoms with Gasteiger partial charge >= 0.3 is 0 Å². The highest BCUT2D eigenvalue weighted by molar-refractivity contribution is 5.61. The molecule has 0 spiro atoms. The number of phenolic OH excluding ortho intramolecular Hbond substituents is 1. The van der Waals surface area contributed by atoms with Crippen LogP contribution in [0.5, 0.6) is 5.75 Å². The standard InChI is InChI=1S/C11H11N3O/c1-8-9(4-2-5-10(8)15)14-11-12-6-3-7-13-11/h2-7,15H,1H3,(H,12,13,14). The van der Waals surface area contributed by atoms with E-state index in [0.717, 1.165) is 11.3 Å². The van der Waals surface area contributed by atoms with E-state index >= 15 is 0 Å². The number of phenols is 1. The van der Waals surface area contributed by atoms with Gasteiger partial charge in [0.05, 0.1) is 0 Å². The maximum atomic E-state index is 9.50. The zero-order valence-electron chi connectivity index (χ0n) is 8.31. The van der Waals surface area contributed by atoms with Crippen molar-refractivity contribution in [3.63, 3.8) is 0 Å². The fourth-order valence-corrected chi connectivity index (χ4v) is 1.24. The first-order valence-corrected chi connectivity index (χ1v) is 4.60. The Morgan fingerprint density at radius 1 is 1.13 bits per heavy atom. The number of nitrogens with one attached hydrogen (secondary N) is 1. The minimum Gasteiger partial charge on any atom is -0.508 e. The van der Waals surface area contributed by atoms with Crippen molar-refractivity contribution in [2.24, 2.45) is 0 Å². The van der Waals surface area contributed by atoms with E-state index in [0.29, 0.717) is 5.95 Å². The summed E-state index contributed by atoms with van der Waals surface area (Å²) >= 11 is 0. The Labute approximate surface area is 87.6 Å². The molecule has 1 heterocycles. The summed E-state index contributed by atoms with van der Waals surface area (Å²) in [6.07, 6.45) is 3.32. The van der Waals surface area contributed by atoms with Crippen molar-refractivity contribution in [3.05, 3.63) is 42.2 Å². The molecular weight excluding hydrogens is 190 g/mol. The van der Waals surface area contributed by atoms with Gasteiger partial charge < -0.3 is 10.4 Å². The van der Waals surface area contributed by atoms with Gasteiger partial charge in [-0.3, -0.25) is 0 Å². The van der Waals surface area contributed by atoms with Crippen LogP contribution in [0.2, 0.25) is 0 Å². The summed E-state index contributed by atoms with van der Waals surface area (Å²) in [6, 6.07) is 7.03. The molecule has 0 saturated carbocycles. The first-order valence-electron chi connectivity index (χ1n) is 4.60. The Morgan fingerprint density at radius 3 is 2.60 bits per heavy atom. The molecule has 2 rings (SSSR count). The largest absolute Gasteiger partial charge is 0.508 e. The van der Waals surface area contributed by atoms with Gasteiger partial charge in [-0.1, -0.05) is 6.07 Å². The van der Waals surface area contributed by atoms with Crippen LogP contribution in [0.3, 0.4) is 0 Å². The number of anilines is 2. The van der Waals surface area contributed by atoms with Crippen molar-refractivity contribution in [1.29, 1.82) is 0 Å². The van der Waals surface area contributed by atoms with Gasteiger partial charge in [0.2, 0.25) is 5.95 Å². The van der Waals surface area contributed by atoms with Crippen molar-refractivity contribution in [2.45, 2.75) is 6.92 Å². The predicted octanol–water partition coefficient (Wildman–Crippen LogP) is 2.23. The molecule has 4 nitrogen and oxygen atoms in total. The molecule has 0 unspecified atom stereocenters. The number of aromatic nitrogens is 2. The molecule has 15 heavy (non-hydrogen) atoms. The van der Waals surface area contributed by atoms with E-state index in [4.69, 9.17) is 0 Å². The second-order valence-electron chi connectivity index (χ2n) is 3.15. The Morgan fingerprint density at radius 2 is 1.87 bits per heavy atom. The minimum absolute atomic E-state index is 0.260. The molecule has 76 valence electrons. The Balaban J connectivity index is 2.29. The van der Waals surface area contributed by atoms with Gasteiger partial charge in [-0.25, -0.2) is 9.97 Å². The van der Waals surface area contributed by atoms with E-state index in [2.05, 4.69) is 15.3 Å². The summed E-state index contributed by atoms with van der Waals surface area (Å²) in [6.45, 7) is 1.83. The first kappa shape index (κ1) is 9.45. The van der Waals surface area contributed by atoms with Crippen LogP contribution in [-0.2, 0) is 0 Å². The average Bonchev–Trinajstić information content (AvgIpc) is 2.26. The van der Waals surface area contributed by atoms with Crippen LogP contribution < -0.4 is 5.32 Å². The van der Waals surface area contributed by atoms with Crippen LogP contribution in [0.15, 0.2) is 36.7 Å². The summed E-state index contributed by atoms with van der Waals surface area (Å²) < 4.78 is 0. The normalized spacial score (nSPS) is 9.93. The van der Waals surface area contributed by atoms with Crippen LogP contribution in [-0.4, -0.2) is 15.1 Å². The zero-order chi connectivity index (χ0) is 10.7. The molecule has 4 heteroatoms. The lowest BCUT2D eigenvalue weighted by molar-refractivity contribution is 0.471. The smallest absolute Gasteiger partial charge is 0.227 e. The van der Waals surface area contributed by atoms with Gasteiger partial charge in [0, 0.05) is 23.6 Å². The average molecular weight is 201 g/mol. The topological polar surface area (TPSA) is 58.0 Å². The van der Waals surface area contributed by atoms with Gasteiger partial charge in [0.25, 0.3) is 0 Å². The van der Waals surface area contributed by atoms with Crippen molar-refractivity contribution in [2.75, 3.05) is 5.32 Å². The van der Waals surface area contributed by atoms with E-state index in [1.807, 2.05) is 13.0 Å². The zero-order valence-corrected chi connectivity index (χ0v) is 8.31. The molecule has 0 fully saturated rings. The van der Waals surface area contributed by atoms with E-state index in [1.165, 1.54) is 0 Å². The van der Waals surface area contributed by atoms with Crippen molar-refractivity contribution in [1.82, 2.24) is 9.97 Å². The number of benzene rings is 1. The van der Waals surface area contributed by atoms with Crippen LogP contribution in [0.25, 0.3) is 0 Å². The van der Waals surface area contributed by atoms with E-state index in [9.17, 15) is 5.11 Å². The Hall–Kier alpha value is -2.10. The number of hydrogen-bond donors (Lipinski definition) is 2. The highest BCUT2D eigenvalue weighted by atomic mass is 16.3. The van der Waals surface area contributed by atoms with Gasteiger partial charge in [-0.2, -0.15) is 0 Å². The van der Waals surface area contributed by atoms with Gasteiger partial charge in [-0.05, 0) is 25.1 Å². The lowest BCUT2D eigenvalue weighted by atomic mass is 10.2. The van der Waals surface area contributed by atoms with Crippen LogP contribution in [0.4, 0.5) is 11.6 Å². The molecule has 2 aromatic rings. The third-order valence-electron chi connectivity index (χ3n) is 2.12. The fourth-order valence-electron chi connectivity index (χ4n) is 1.24. The van der Waals surface area contributed by atoms with Crippen LogP contribution >= 0.6 is 0 Å². The molecule has 0 atom stereocenters. The Kier molecular flexibility index (Phi) is 2.49. The van der Waals surface area contributed by atoms with E-state index < -0.39 is 0 Å². The summed E-state index contributed by atoms with van der Waals surface area (Å²) in [5, 5.41) is 12.5. The molecule has 1 aromatic heterocycles. The highest BCUT2D eigenvalue weighted by Crippen LogP contribution is 2.25. The molecular formula is C11H11N3O. The summed E-state index contributed by atoms with van der Waals surface area (Å²) in [7, 11) is 0.